The lowest BCUT2D eigenvalue weighted by molar-refractivity contribution is -0.141. The number of carbonyl (C=O) groups is 1. The van der Waals surface area contributed by atoms with Crippen molar-refractivity contribution in [1.82, 2.24) is 0 Å². The molecule has 0 bridgehead atoms. The maximum atomic E-state index is 14.1. The van der Waals surface area contributed by atoms with Crippen LogP contribution in [0.2, 0.25) is 5.02 Å². The monoisotopic (exact) mass is 311 g/mol. The van der Waals surface area contributed by atoms with E-state index in [1.165, 1.54) is 43.5 Å². The Balaban J connectivity index is 2.39. The molecule has 2 aromatic carbocycles. The summed E-state index contributed by atoms with van der Waals surface area (Å²) in [6, 6.07) is 8.66. The SMILES string of the molecule is COC(=O)C(Nc1cccc(F)c1)c1cccc(Cl)c1F. The number of methoxy groups -OCH3 is 1. The zero-order valence-corrected chi connectivity index (χ0v) is 11.8. The topological polar surface area (TPSA) is 38.3 Å². The van der Waals surface area contributed by atoms with E-state index in [-0.39, 0.29) is 10.6 Å². The maximum absolute atomic E-state index is 14.1. The highest BCUT2D eigenvalue weighted by Gasteiger charge is 2.25. The smallest absolute Gasteiger partial charge is 0.333 e. The van der Waals surface area contributed by atoms with Gasteiger partial charge in [0.25, 0.3) is 0 Å². The summed E-state index contributed by atoms with van der Waals surface area (Å²) in [5, 5.41) is 2.63. The molecule has 0 aliphatic carbocycles. The van der Waals surface area contributed by atoms with Crippen LogP contribution in [0.4, 0.5) is 14.5 Å². The molecule has 6 heteroatoms. The lowest BCUT2D eigenvalue weighted by Crippen LogP contribution is -2.23. The van der Waals surface area contributed by atoms with Crippen LogP contribution in [0.3, 0.4) is 0 Å². The quantitative estimate of drug-likeness (QED) is 0.869. The summed E-state index contributed by atoms with van der Waals surface area (Å²) in [6.45, 7) is 0. The first-order chi connectivity index (χ1) is 10.0. The van der Waals surface area contributed by atoms with Gasteiger partial charge in [-0.2, -0.15) is 0 Å². The number of rotatable bonds is 4. The second-order valence-corrected chi connectivity index (χ2v) is 4.66. The normalized spacial score (nSPS) is 11.8. The van der Waals surface area contributed by atoms with Crippen molar-refractivity contribution in [1.29, 1.82) is 0 Å². The molecule has 3 nitrogen and oxygen atoms in total. The van der Waals surface area contributed by atoms with E-state index in [2.05, 4.69) is 10.1 Å². The van der Waals surface area contributed by atoms with Gasteiger partial charge in [0, 0.05) is 11.3 Å². The number of halogens is 3. The summed E-state index contributed by atoms with van der Waals surface area (Å²) >= 11 is 5.72. The summed E-state index contributed by atoms with van der Waals surface area (Å²) in [5.41, 5.74) is 0.350. The van der Waals surface area contributed by atoms with E-state index in [0.717, 1.165) is 0 Å². The standard InChI is InChI=1S/C15H12ClF2NO2/c1-21-15(20)14(11-6-3-7-12(16)13(11)18)19-10-5-2-4-9(17)8-10/h2-8,14,19H,1H3. The van der Waals surface area contributed by atoms with Crippen molar-refractivity contribution in [3.63, 3.8) is 0 Å². The zero-order valence-electron chi connectivity index (χ0n) is 11.1. The third-order valence-corrected chi connectivity index (χ3v) is 3.16. The van der Waals surface area contributed by atoms with E-state index in [4.69, 9.17) is 11.6 Å². The van der Waals surface area contributed by atoms with E-state index >= 15 is 0 Å². The van der Waals surface area contributed by atoms with Crippen LogP contribution < -0.4 is 5.32 Å². The summed E-state index contributed by atoms with van der Waals surface area (Å²) < 4.78 is 31.9. The first-order valence-electron chi connectivity index (χ1n) is 6.06. The predicted octanol–water partition coefficient (Wildman–Crippen LogP) is 3.94. The van der Waals surface area contributed by atoms with Gasteiger partial charge in [0.1, 0.15) is 11.6 Å². The van der Waals surface area contributed by atoms with Gasteiger partial charge in [-0.25, -0.2) is 13.6 Å². The van der Waals surface area contributed by atoms with E-state index < -0.39 is 23.6 Å². The lowest BCUT2D eigenvalue weighted by Gasteiger charge is -2.19. The second kappa shape index (κ2) is 6.54. The number of anilines is 1. The highest BCUT2D eigenvalue weighted by molar-refractivity contribution is 6.30. The number of hydrogen-bond donors (Lipinski definition) is 1. The van der Waals surface area contributed by atoms with Crippen LogP contribution >= 0.6 is 11.6 Å². The van der Waals surface area contributed by atoms with Crippen LogP contribution in [-0.2, 0) is 9.53 Å². The Labute approximate surface area is 125 Å². The van der Waals surface area contributed by atoms with Crippen LogP contribution in [0.5, 0.6) is 0 Å². The summed E-state index contributed by atoms with van der Waals surface area (Å²) in [7, 11) is 1.19. The molecule has 0 saturated heterocycles. The first-order valence-corrected chi connectivity index (χ1v) is 6.44. The second-order valence-electron chi connectivity index (χ2n) is 4.25. The van der Waals surface area contributed by atoms with Gasteiger partial charge in [0.2, 0.25) is 0 Å². The molecule has 0 aliphatic rings. The molecule has 0 spiro atoms. The Morgan fingerprint density at radius 2 is 1.95 bits per heavy atom. The number of hydrogen-bond acceptors (Lipinski definition) is 3. The fraction of sp³-hybridized carbons (Fsp3) is 0.133. The number of carbonyl (C=O) groups excluding carboxylic acids is 1. The Morgan fingerprint density at radius 3 is 2.62 bits per heavy atom. The molecule has 0 aliphatic heterocycles. The molecule has 110 valence electrons. The molecular weight excluding hydrogens is 300 g/mol. The van der Waals surface area contributed by atoms with Crippen molar-refractivity contribution < 1.29 is 18.3 Å². The molecule has 0 fully saturated rings. The van der Waals surface area contributed by atoms with Crippen LogP contribution in [0.1, 0.15) is 11.6 Å². The van der Waals surface area contributed by atoms with Crippen LogP contribution in [-0.4, -0.2) is 13.1 Å². The summed E-state index contributed by atoms with van der Waals surface area (Å²) in [6.07, 6.45) is 0. The van der Waals surface area contributed by atoms with Crippen LogP contribution in [0, 0.1) is 11.6 Å². The van der Waals surface area contributed by atoms with Crippen LogP contribution in [0.15, 0.2) is 42.5 Å². The Hall–Kier alpha value is -2.14. The average Bonchev–Trinajstić information content (AvgIpc) is 2.47. The number of benzene rings is 2. The number of ether oxygens (including phenoxy) is 1. The molecule has 2 rings (SSSR count). The molecule has 21 heavy (non-hydrogen) atoms. The van der Waals surface area contributed by atoms with Crippen molar-refractivity contribution >= 4 is 23.3 Å². The molecule has 0 saturated carbocycles. The van der Waals surface area contributed by atoms with Crippen molar-refractivity contribution in [2.24, 2.45) is 0 Å². The minimum Gasteiger partial charge on any atom is -0.467 e. The van der Waals surface area contributed by atoms with Crippen molar-refractivity contribution in [3.8, 4) is 0 Å². The lowest BCUT2D eigenvalue weighted by atomic mass is 10.1. The van der Waals surface area contributed by atoms with Crippen molar-refractivity contribution in [2.45, 2.75) is 6.04 Å². The van der Waals surface area contributed by atoms with E-state index in [9.17, 15) is 13.6 Å². The molecule has 0 aromatic heterocycles. The Morgan fingerprint density at radius 1 is 1.24 bits per heavy atom. The molecule has 2 aromatic rings. The van der Waals surface area contributed by atoms with E-state index in [0.29, 0.717) is 5.69 Å². The van der Waals surface area contributed by atoms with Crippen molar-refractivity contribution in [3.05, 3.63) is 64.7 Å². The first kappa shape index (κ1) is 15.3. The molecule has 0 radical (unpaired) electrons. The van der Waals surface area contributed by atoms with Gasteiger partial charge in [0.05, 0.1) is 12.1 Å². The predicted molar refractivity (Wildman–Crippen MR) is 76.2 cm³/mol. The molecule has 0 heterocycles. The number of nitrogens with one attached hydrogen (secondary N) is 1. The van der Waals surface area contributed by atoms with Gasteiger partial charge in [-0.3, -0.25) is 0 Å². The van der Waals surface area contributed by atoms with Gasteiger partial charge in [-0.05, 0) is 24.3 Å². The minimum atomic E-state index is -1.13. The average molecular weight is 312 g/mol. The zero-order chi connectivity index (χ0) is 15.4. The molecule has 1 atom stereocenters. The number of esters is 1. The van der Waals surface area contributed by atoms with Crippen LogP contribution in [0.25, 0.3) is 0 Å². The van der Waals surface area contributed by atoms with Gasteiger partial charge < -0.3 is 10.1 Å². The third-order valence-electron chi connectivity index (χ3n) is 2.86. The molecular formula is C15H12ClF2NO2. The van der Waals surface area contributed by atoms with Gasteiger partial charge >= 0.3 is 5.97 Å². The maximum Gasteiger partial charge on any atom is 0.333 e. The van der Waals surface area contributed by atoms with Gasteiger partial charge in [0.15, 0.2) is 6.04 Å². The van der Waals surface area contributed by atoms with Gasteiger partial charge in [-0.1, -0.05) is 29.8 Å². The van der Waals surface area contributed by atoms with Crippen molar-refractivity contribution in [2.75, 3.05) is 12.4 Å². The molecule has 0 amide bonds. The summed E-state index contributed by atoms with van der Waals surface area (Å²) in [4.78, 5) is 11.9. The summed E-state index contributed by atoms with van der Waals surface area (Å²) in [5.74, 6) is -1.91. The fourth-order valence-corrected chi connectivity index (χ4v) is 2.05. The molecule has 1 unspecified atom stereocenters. The minimum absolute atomic E-state index is 0.0265. The van der Waals surface area contributed by atoms with E-state index in [1.807, 2.05) is 0 Å². The Bertz CT molecular complexity index is 664. The fourth-order valence-electron chi connectivity index (χ4n) is 1.87. The third kappa shape index (κ3) is 3.49. The highest BCUT2D eigenvalue weighted by atomic mass is 35.5. The van der Waals surface area contributed by atoms with E-state index in [1.54, 1.807) is 6.07 Å². The highest BCUT2D eigenvalue weighted by Crippen LogP contribution is 2.27. The van der Waals surface area contributed by atoms with Gasteiger partial charge in [-0.15, -0.1) is 0 Å². The largest absolute Gasteiger partial charge is 0.467 e. The Kier molecular flexibility index (Phi) is 4.75. The molecule has 1 N–H and O–H groups in total.